The lowest BCUT2D eigenvalue weighted by Gasteiger charge is -2.35. The molecule has 0 saturated carbocycles. The summed E-state index contributed by atoms with van der Waals surface area (Å²) in [6.07, 6.45) is 3.98. The minimum atomic E-state index is -0.281. The average Bonchev–Trinajstić information content (AvgIpc) is 2.48. The molecular formula is C17H26Cl2N2O2. The number of carbonyl (C=O) groups is 1. The number of piperazine rings is 1. The molecule has 1 N–H and O–H groups in total. The molecule has 1 heterocycles. The summed E-state index contributed by atoms with van der Waals surface area (Å²) < 4.78 is 5.21. The first kappa shape index (κ1) is 21.9. The summed E-state index contributed by atoms with van der Waals surface area (Å²) in [5.74, 6) is 0.343. The van der Waals surface area contributed by atoms with E-state index in [9.17, 15) is 4.79 Å². The van der Waals surface area contributed by atoms with Crippen LogP contribution in [-0.4, -0.2) is 37.0 Å². The molecule has 0 amide bonds. The molecule has 1 atom stereocenters. The SMILES string of the molecule is C=CCC[C@@H](c1cccc(OC(C)=O)c1)N1CCNCC1.Cl.Cl. The van der Waals surface area contributed by atoms with Gasteiger partial charge in [-0.2, -0.15) is 0 Å². The van der Waals surface area contributed by atoms with Gasteiger partial charge in [0, 0.05) is 39.1 Å². The van der Waals surface area contributed by atoms with Gasteiger partial charge in [-0.05, 0) is 30.5 Å². The third-order valence-electron chi connectivity index (χ3n) is 3.74. The molecule has 0 aliphatic carbocycles. The van der Waals surface area contributed by atoms with Crippen molar-refractivity contribution < 1.29 is 9.53 Å². The number of hydrogen-bond donors (Lipinski definition) is 1. The number of halogens is 2. The number of nitrogens with zero attached hydrogens (tertiary/aromatic N) is 1. The molecule has 130 valence electrons. The summed E-state index contributed by atoms with van der Waals surface area (Å²) in [5.41, 5.74) is 1.21. The highest BCUT2D eigenvalue weighted by atomic mass is 35.5. The number of nitrogens with one attached hydrogen (secondary N) is 1. The Labute approximate surface area is 151 Å². The highest BCUT2D eigenvalue weighted by Gasteiger charge is 2.21. The molecule has 0 spiro atoms. The first-order valence-corrected chi connectivity index (χ1v) is 7.54. The molecule has 0 radical (unpaired) electrons. The highest BCUT2D eigenvalue weighted by Crippen LogP contribution is 2.28. The van der Waals surface area contributed by atoms with Crippen molar-refractivity contribution in [2.75, 3.05) is 26.2 Å². The first-order valence-electron chi connectivity index (χ1n) is 7.54. The van der Waals surface area contributed by atoms with Crippen molar-refractivity contribution >= 4 is 30.8 Å². The predicted molar refractivity (Wildman–Crippen MR) is 98.9 cm³/mol. The Hall–Kier alpha value is -1.07. The van der Waals surface area contributed by atoms with Crippen LogP contribution in [0.15, 0.2) is 36.9 Å². The Kier molecular flexibility index (Phi) is 10.9. The molecular weight excluding hydrogens is 335 g/mol. The summed E-state index contributed by atoms with van der Waals surface area (Å²) in [6, 6.07) is 8.23. The third-order valence-corrected chi connectivity index (χ3v) is 3.74. The van der Waals surface area contributed by atoms with Crippen LogP contribution in [0.3, 0.4) is 0 Å². The molecule has 0 bridgehead atoms. The largest absolute Gasteiger partial charge is 0.427 e. The second kappa shape index (κ2) is 11.5. The van der Waals surface area contributed by atoms with Crippen LogP contribution in [-0.2, 0) is 4.79 Å². The fourth-order valence-electron chi connectivity index (χ4n) is 2.78. The summed E-state index contributed by atoms with van der Waals surface area (Å²) in [5, 5.41) is 3.38. The van der Waals surface area contributed by atoms with E-state index in [1.54, 1.807) is 0 Å². The lowest BCUT2D eigenvalue weighted by molar-refractivity contribution is -0.131. The van der Waals surface area contributed by atoms with E-state index < -0.39 is 0 Å². The zero-order valence-corrected chi connectivity index (χ0v) is 15.1. The summed E-state index contributed by atoms with van der Waals surface area (Å²) in [7, 11) is 0. The van der Waals surface area contributed by atoms with Gasteiger partial charge in [0.25, 0.3) is 0 Å². The predicted octanol–water partition coefficient (Wildman–Crippen LogP) is 3.37. The number of esters is 1. The zero-order chi connectivity index (χ0) is 15.1. The number of hydrogen-bond acceptors (Lipinski definition) is 4. The lowest BCUT2D eigenvalue weighted by Crippen LogP contribution is -2.45. The van der Waals surface area contributed by atoms with E-state index in [4.69, 9.17) is 4.74 Å². The zero-order valence-electron chi connectivity index (χ0n) is 13.5. The van der Waals surface area contributed by atoms with Gasteiger partial charge in [-0.3, -0.25) is 9.69 Å². The van der Waals surface area contributed by atoms with Crippen molar-refractivity contribution in [1.82, 2.24) is 10.2 Å². The van der Waals surface area contributed by atoms with Gasteiger partial charge in [0.15, 0.2) is 0 Å². The summed E-state index contributed by atoms with van der Waals surface area (Å²) in [6.45, 7) is 9.38. The van der Waals surface area contributed by atoms with Gasteiger partial charge in [-0.25, -0.2) is 0 Å². The lowest BCUT2D eigenvalue weighted by atomic mass is 9.99. The molecule has 6 heteroatoms. The fourth-order valence-corrected chi connectivity index (χ4v) is 2.78. The maximum atomic E-state index is 11.1. The van der Waals surface area contributed by atoms with Crippen LogP contribution in [0.2, 0.25) is 0 Å². The quantitative estimate of drug-likeness (QED) is 0.479. The van der Waals surface area contributed by atoms with Crippen LogP contribution >= 0.6 is 24.8 Å². The van der Waals surface area contributed by atoms with Gasteiger partial charge in [0.05, 0.1) is 0 Å². The van der Waals surface area contributed by atoms with Crippen molar-refractivity contribution in [3.05, 3.63) is 42.5 Å². The van der Waals surface area contributed by atoms with Gasteiger partial charge < -0.3 is 10.1 Å². The van der Waals surface area contributed by atoms with Gasteiger partial charge in [-0.1, -0.05) is 18.2 Å². The number of allylic oxidation sites excluding steroid dienone is 1. The second-order valence-electron chi connectivity index (χ2n) is 5.33. The van der Waals surface area contributed by atoms with Crippen molar-refractivity contribution in [2.45, 2.75) is 25.8 Å². The average molecular weight is 361 g/mol. The fraction of sp³-hybridized carbons (Fsp3) is 0.471. The molecule has 1 aliphatic rings. The Morgan fingerprint density at radius 1 is 1.39 bits per heavy atom. The molecule has 23 heavy (non-hydrogen) atoms. The van der Waals surface area contributed by atoms with Crippen molar-refractivity contribution in [1.29, 1.82) is 0 Å². The smallest absolute Gasteiger partial charge is 0.308 e. The molecule has 1 aromatic carbocycles. The Morgan fingerprint density at radius 2 is 2.09 bits per heavy atom. The van der Waals surface area contributed by atoms with Gasteiger partial charge >= 0.3 is 5.97 Å². The van der Waals surface area contributed by atoms with E-state index in [2.05, 4.69) is 22.9 Å². The topological polar surface area (TPSA) is 41.6 Å². The molecule has 0 unspecified atom stereocenters. The van der Waals surface area contributed by atoms with E-state index in [-0.39, 0.29) is 30.8 Å². The second-order valence-corrected chi connectivity index (χ2v) is 5.33. The number of ether oxygens (including phenoxy) is 1. The van der Waals surface area contributed by atoms with Crippen LogP contribution in [0.1, 0.15) is 31.4 Å². The maximum absolute atomic E-state index is 11.1. The molecule has 1 aliphatic heterocycles. The van der Waals surface area contributed by atoms with Gasteiger partial charge in [0.1, 0.15) is 5.75 Å². The molecule has 4 nitrogen and oxygen atoms in total. The standard InChI is InChI=1S/C17H24N2O2.2ClH/c1-3-4-8-17(19-11-9-18-10-12-19)15-6-5-7-16(13-15)21-14(2)20;;/h3,5-7,13,17-18H,1,4,8-12H2,2H3;2*1H/t17-;;/m0../s1. The monoisotopic (exact) mass is 360 g/mol. The Morgan fingerprint density at radius 3 is 2.70 bits per heavy atom. The normalized spacial score (nSPS) is 15.7. The molecule has 1 fully saturated rings. The van der Waals surface area contributed by atoms with Crippen LogP contribution in [0.4, 0.5) is 0 Å². The maximum Gasteiger partial charge on any atom is 0.308 e. The molecule has 2 rings (SSSR count). The minimum absolute atomic E-state index is 0. The molecule has 1 saturated heterocycles. The Balaban J connectivity index is 0.00000242. The van der Waals surface area contributed by atoms with Gasteiger partial charge in [-0.15, -0.1) is 31.4 Å². The third kappa shape index (κ3) is 6.92. The van der Waals surface area contributed by atoms with Crippen LogP contribution in [0.5, 0.6) is 5.75 Å². The number of benzene rings is 1. The van der Waals surface area contributed by atoms with Crippen molar-refractivity contribution in [3.8, 4) is 5.75 Å². The summed E-state index contributed by atoms with van der Waals surface area (Å²) in [4.78, 5) is 13.6. The highest BCUT2D eigenvalue weighted by molar-refractivity contribution is 5.85. The van der Waals surface area contributed by atoms with E-state index in [0.29, 0.717) is 11.8 Å². The number of carbonyl (C=O) groups excluding carboxylic acids is 1. The van der Waals surface area contributed by atoms with Crippen LogP contribution in [0.25, 0.3) is 0 Å². The number of rotatable bonds is 6. The van der Waals surface area contributed by atoms with Crippen LogP contribution < -0.4 is 10.1 Å². The summed E-state index contributed by atoms with van der Waals surface area (Å²) >= 11 is 0. The molecule has 0 aromatic heterocycles. The molecule has 1 aromatic rings. The van der Waals surface area contributed by atoms with E-state index in [1.165, 1.54) is 12.5 Å². The van der Waals surface area contributed by atoms with E-state index >= 15 is 0 Å². The minimum Gasteiger partial charge on any atom is -0.427 e. The van der Waals surface area contributed by atoms with Gasteiger partial charge in [0.2, 0.25) is 0 Å². The van der Waals surface area contributed by atoms with Crippen LogP contribution in [0, 0.1) is 0 Å². The van der Waals surface area contributed by atoms with Crippen molar-refractivity contribution in [2.24, 2.45) is 0 Å². The Bertz CT molecular complexity index is 491. The first-order chi connectivity index (χ1) is 10.2. The van der Waals surface area contributed by atoms with Crippen molar-refractivity contribution in [3.63, 3.8) is 0 Å². The van der Waals surface area contributed by atoms with E-state index in [1.807, 2.05) is 24.3 Å². The van der Waals surface area contributed by atoms with E-state index in [0.717, 1.165) is 39.0 Å².